The quantitative estimate of drug-likeness (QED) is 0.214. The first-order valence-electron chi connectivity index (χ1n) is 18.4. The van der Waals surface area contributed by atoms with Gasteiger partial charge in [0.1, 0.15) is 34.3 Å². The molecule has 3 atom stereocenters. The number of aliphatic imine (C=N–C) groups is 1. The summed E-state index contributed by atoms with van der Waals surface area (Å²) < 4.78 is 18.4. The molecule has 2 aliphatic heterocycles. The van der Waals surface area contributed by atoms with Gasteiger partial charge in [-0.1, -0.05) is 5.16 Å². The number of aryl methyl sites for hydroxylation is 1. The van der Waals surface area contributed by atoms with Gasteiger partial charge in [-0.3, -0.25) is 4.90 Å². The minimum Gasteiger partial charge on any atom is -0.458 e. The molecule has 1 spiro atoms. The number of thiophene rings is 1. The third kappa shape index (κ3) is 6.82. The highest BCUT2D eigenvalue weighted by Crippen LogP contribution is 2.50. The average Bonchev–Trinajstić information content (AvgIpc) is 3.91. The zero-order chi connectivity index (χ0) is 36.8. The van der Waals surface area contributed by atoms with E-state index >= 15 is 0 Å². The first kappa shape index (κ1) is 36.1. The number of hydrogen-bond acceptors (Lipinski definition) is 13. The van der Waals surface area contributed by atoms with E-state index in [-0.39, 0.29) is 17.7 Å². The van der Waals surface area contributed by atoms with E-state index in [2.05, 4.69) is 40.0 Å². The van der Waals surface area contributed by atoms with Gasteiger partial charge in [0.05, 0.1) is 22.9 Å². The molecule has 3 fully saturated rings. The Hall–Kier alpha value is -4.29. The Balaban J connectivity index is 1.21. The topological polar surface area (TPSA) is 149 Å². The molecule has 3 aromatic rings. The van der Waals surface area contributed by atoms with E-state index in [4.69, 9.17) is 28.9 Å². The Morgan fingerprint density at radius 3 is 2.58 bits per heavy atom. The van der Waals surface area contributed by atoms with Crippen LogP contribution in [0.2, 0.25) is 0 Å². The van der Waals surface area contributed by atoms with E-state index in [0.29, 0.717) is 66.0 Å². The summed E-state index contributed by atoms with van der Waals surface area (Å²) in [5.41, 5.74) is 0.748. The lowest BCUT2D eigenvalue weighted by Gasteiger charge is -2.38. The van der Waals surface area contributed by atoms with Gasteiger partial charge in [-0.15, -0.1) is 11.3 Å². The number of nitrogens with zero attached hydrogens (tertiary/aromatic N) is 10. The van der Waals surface area contributed by atoms with E-state index in [1.807, 2.05) is 45.8 Å². The fraction of sp³-hybridized carbons (Fsp3) is 0.649. The molecule has 0 N–H and O–H groups in total. The number of carbonyl (C=O) groups is 1. The van der Waals surface area contributed by atoms with Crippen molar-refractivity contribution < 1.29 is 18.8 Å². The summed E-state index contributed by atoms with van der Waals surface area (Å²) in [5.74, 6) is 1.46. The maximum absolute atomic E-state index is 12.8. The summed E-state index contributed by atoms with van der Waals surface area (Å²) in [4.78, 5) is 41.6. The molecule has 2 unspecified atom stereocenters. The van der Waals surface area contributed by atoms with Crippen molar-refractivity contribution in [3.8, 4) is 23.6 Å². The molecular formula is C37H50N10O4S. The molecule has 7 rings (SSSR count). The Kier molecular flexibility index (Phi) is 9.66. The van der Waals surface area contributed by atoms with Gasteiger partial charge in [0.25, 0.3) is 0 Å². The van der Waals surface area contributed by atoms with Crippen LogP contribution in [-0.4, -0.2) is 118 Å². The second kappa shape index (κ2) is 13.9. The molecule has 278 valence electrons. The summed E-state index contributed by atoms with van der Waals surface area (Å²) in [5, 5.41) is 15.5. The fourth-order valence-electron chi connectivity index (χ4n) is 8.34. The van der Waals surface area contributed by atoms with Crippen LogP contribution in [0.3, 0.4) is 0 Å². The van der Waals surface area contributed by atoms with Crippen molar-refractivity contribution in [2.45, 2.75) is 102 Å². The largest absolute Gasteiger partial charge is 0.458 e. The molecule has 14 nitrogen and oxygen atoms in total. The first-order chi connectivity index (χ1) is 24.8. The number of carbonyl (C=O) groups excluding carboxylic acids is 1. The second-order valence-corrected chi connectivity index (χ2v) is 17.1. The summed E-state index contributed by atoms with van der Waals surface area (Å²) in [6.07, 6.45) is 9.31. The van der Waals surface area contributed by atoms with Gasteiger partial charge >= 0.3 is 12.1 Å². The van der Waals surface area contributed by atoms with Gasteiger partial charge in [-0.05, 0) is 92.7 Å². The standard InChI is InChI=1S/C37H50N10O4S/c1-35(2,3)50-34(48)47-19-17-46(18-20-47)28-21-25(40-33(41-28)49-27-12-9-14-37(27)15-10-16-45(37)7)30-42-32(51-43-30)36(4)13-8-11-26-29(36)24(22-38)31(52-26)39-23-44(5)6/h21,23,27H,8-20H2,1-7H3/b39-23+/t27?,36-,37?/m0/s1. The monoisotopic (exact) mass is 730 g/mol. The van der Waals surface area contributed by atoms with Crippen LogP contribution < -0.4 is 9.64 Å². The molecule has 5 heterocycles. The van der Waals surface area contributed by atoms with Crippen molar-refractivity contribution in [3.05, 3.63) is 28.0 Å². The smallest absolute Gasteiger partial charge is 0.410 e. The van der Waals surface area contributed by atoms with E-state index in [0.717, 1.165) is 68.4 Å². The lowest BCUT2D eigenvalue weighted by Crippen LogP contribution is -2.50. The Labute approximate surface area is 309 Å². The first-order valence-corrected chi connectivity index (χ1v) is 19.2. The van der Waals surface area contributed by atoms with Crippen LogP contribution in [0, 0.1) is 11.3 Å². The van der Waals surface area contributed by atoms with Crippen LogP contribution in [0.15, 0.2) is 15.6 Å². The van der Waals surface area contributed by atoms with Gasteiger partial charge in [-0.25, -0.2) is 9.79 Å². The lowest BCUT2D eigenvalue weighted by molar-refractivity contribution is 0.0239. The Morgan fingerprint density at radius 2 is 1.88 bits per heavy atom. The van der Waals surface area contributed by atoms with E-state index in [1.165, 1.54) is 0 Å². The predicted molar refractivity (Wildman–Crippen MR) is 198 cm³/mol. The average molecular weight is 731 g/mol. The minimum absolute atomic E-state index is 0.0143. The van der Waals surface area contributed by atoms with Gasteiger partial charge in [-0.2, -0.15) is 20.2 Å². The van der Waals surface area contributed by atoms with E-state index in [9.17, 15) is 10.1 Å². The number of nitriles is 1. The number of amides is 1. The summed E-state index contributed by atoms with van der Waals surface area (Å²) in [7, 11) is 6.01. The van der Waals surface area contributed by atoms with Crippen molar-refractivity contribution >= 4 is 34.6 Å². The van der Waals surface area contributed by atoms with Crippen LogP contribution in [0.1, 0.15) is 94.5 Å². The lowest BCUT2D eigenvalue weighted by atomic mass is 9.72. The van der Waals surface area contributed by atoms with Gasteiger partial charge in [0.2, 0.25) is 11.7 Å². The van der Waals surface area contributed by atoms with Gasteiger partial charge in [0, 0.05) is 56.8 Å². The number of hydrogen-bond donors (Lipinski definition) is 0. The van der Waals surface area contributed by atoms with Gasteiger partial charge in [0.15, 0.2) is 0 Å². The molecule has 3 aromatic heterocycles. The Morgan fingerprint density at radius 1 is 1.12 bits per heavy atom. The normalized spacial score (nSPS) is 25.2. The molecule has 15 heteroatoms. The molecule has 52 heavy (non-hydrogen) atoms. The number of rotatable bonds is 7. The Bertz CT molecular complexity index is 1870. The molecule has 2 saturated heterocycles. The highest BCUT2D eigenvalue weighted by Gasteiger charge is 2.50. The van der Waals surface area contributed by atoms with Crippen LogP contribution in [0.25, 0.3) is 11.5 Å². The van der Waals surface area contributed by atoms with Crippen molar-refractivity contribution in [2.24, 2.45) is 4.99 Å². The summed E-state index contributed by atoms with van der Waals surface area (Å²) >= 11 is 1.56. The molecule has 4 aliphatic rings. The molecule has 2 aliphatic carbocycles. The fourth-order valence-corrected chi connectivity index (χ4v) is 9.60. The number of anilines is 1. The van der Waals surface area contributed by atoms with Crippen molar-refractivity contribution in [3.63, 3.8) is 0 Å². The maximum Gasteiger partial charge on any atom is 0.410 e. The van der Waals surface area contributed by atoms with Crippen LogP contribution in [0.5, 0.6) is 6.01 Å². The maximum atomic E-state index is 12.8. The van der Waals surface area contributed by atoms with Crippen molar-refractivity contribution in [1.82, 2.24) is 34.8 Å². The number of piperazine rings is 1. The second-order valence-electron chi connectivity index (χ2n) is 16.0. The third-order valence-electron chi connectivity index (χ3n) is 11.0. The van der Waals surface area contributed by atoms with Crippen LogP contribution in [0.4, 0.5) is 15.6 Å². The van der Waals surface area contributed by atoms with E-state index < -0.39 is 11.0 Å². The number of ether oxygens (including phenoxy) is 2. The van der Waals surface area contributed by atoms with Crippen LogP contribution >= 0.6 is 11.3 Å². The zero-order valence-electron chi connectivity index (χ0n) is 31.4. The van der Waals surface area contributed by atoms with Crippen LogP contribution in [-0.2, 0) is 16.6 Å². The molecule has 1 amide bonds. The number of aromatic nitrogens is 4. The molecule has 0 radical (unpaired) electrons. The third-order valence-corrected chi connectivity index (χ3v) is 12.1. The highest BCUT2D eigenvalue weighted by atomic mass is 32.1. The van der Waals surface area contributed by atoms with Crippen molar-refractivity contribution in [2.75, 3.05) is 58.8 Å². The molecular weight excluding hydrogens is 681 g/mol. The number of likely N-dealkylation sites (tertiary alicyclic amines) is 1. The summed E-state index contributed by atoms with van der Waals surface area (Å²) in [6.45, 7) is 10.9. The summed E-state index contributed by atoms with van der Waals surface area (Å²) in [6, 6.07) is 4.60. The highest BCUT2D eigenvalue weighted by molar-refractivity contribution is 7.16. The zero-order valence-corrected chi connectivity index (χ0v) is 32.3. The van der Waals surface area contributed by atoms with Crippen molar-refractivity contribution in [1.29, 1.82) is 5.26 Å². The SMILES string of the molecule is CN(C)/C=N/c1sc2c(c1C#N)[C@@](C)(c1nc(-c3cc(N4CCN(C(=O)OC(C)(C)C)CC4)nc(OC4CCCC45CCCN5C)n3)no1)CCC2. The van der Waals surface area contributed by atoms with Gasteiger partial charge < -0.3 is 28.7 Å². The number of likely N-dealkylation sites (N-methyl/N-ethyl adjacent to an activating group) is 1. The predicted octanol–water partition coefficient (Wildman–Crippen LogP) is 5.78. The minimum atomic E-state index is -0.664. The molecule has 1 saturated carbocycles. The number of fused-ring (bicyclic) bond motifs is 1. The molecule has 0 bridgehead atoms. The van der Waals surface area contributed by atoms with E-state index in [1.54, 1.807) is 22.6 Å². The molecule has 0 aromatic carbocycles.